The number of allylic oxidation sites excluding steroid dienone is 2. The van der Waals surface area contributed by atoms with Crippen LogP contribution in [-0.2, 0) is 4.79 Å². The maximum absolute atomic E-state index is 10.1. The van der Waals surface area contributed by atoms with Crippen LogP contribution in [0.1, 0.15) is 12.8 Å². The number of carbonyl (C=O) groups is 1. The SMILES string of the molecule is O=CC1CCC=C1Br. The molecule has 1 nitrogen and oxygen atoms in total. The largest absolute Gasteiger partial charge is 0.303 e. The van der Waals surface area contributed by atoms with E-state index >= 15 is 0 Å². The maximum Gasteiger partial charge on any atom is 0.127 e. The topological polar surface area (TPSA) is 17.1 Å². The van der Waals surface area contributed by atoms with Crippen molar-refractivity contribution in [3.8, 4) is 0 Å². The summed E-state index contributed by atoms with van der Waals surface area (Å²) in [4.78, 5) is 10.1. The Morgan fingerprint density at radius 2 is 2.62 bits per heavy atom. The molecule has 0 saturated carbocycles. The van der Waals surface area contributed by atoms with E-state index in [1.807, 2.05) is 0 Å². The molecule has 1 aliphatic carbocycles. The lowest BCUT2D eigenvalue weighted by molar-refractivity contribution is -0.109. The van der Waals surface area contributed by atoms with E-state index in [-0.39, 0.29) is 5.92 Å². The van der Waals surface area contributed by atoms with Gasteiger partial charge in [-0.3, -0.25) is 0 Å². The minimum absolute atomic E-state index is 0.162. The van der Waals surface area contributed by atoms with E-state index in [9.17, 15) is 4.79 Å². The van der Waals surface area contributed by atoms with Crippen molar-refractivity contribution in [3.63, 3.8) is 0 Å². The Kier molecular flexibility index (Phi) is 1.84. The standard InChI is InChI=1S/C6H7BrO/c7-6-3-1-2-5(6)4-8/h3-5H,1-2H2. The van der Waals surface area contributed by atoms with Crippen molar-refractivity contribution in [1.82, 2.24) is 0 Å². The molecule has 0 fully saturated rings. The summed E-state index contributed by atoms with van der Waals surface area (Å²) in [5.74, 6) is 0.162. The van der Waals surface area contributed by atoms with Crippen LogP contribution in [0.15, 0.2) is 10.6 Å². The summed E-state index contributed by atoms with van der Waals surface area (Å²) < 4.78 is 1.06. The van der Waals surface area contributed by atoms with Gasteiger partial charge in [0.2, 0.25) is 0 Å². The number of rotatable bonds is 1. The second kappa shape index (κ2) is 2.44. The van der Waals surface area contributed by atoms with Gasteiger partial charge in [0.1, 0.15) is 6.29 Å². The molecule has 1 aliphatic rings. The molecule has 0 aliphatic heterocycles. The Morgan fingerprint density at radius 3 is 2.88 bits per heavy atom. The van der Waals surface area contributed by atoms with Gasteiger partial charge in [0.25, 0.3) is 0 Å². The Hall–Kier alpha value is -0.110. The average Bonchev–Trinajstić information content (AvgIpc) is 2.14. The zero-order valence-electron chi connectivity index (χ0n) is 4.43. The summed E-state index contributed by atoms with van der Waals surface area (Å²) in [5.41, 5.74) is 0. The van der Waals surface area contributed by atoms with Gasteiger partial charge >= 0.3 is 0 Å². The van der Waals surface area contributed by atoms with Gasteiger partial charge in [-0.2, -0.15) is 0 Å². The van der Waals surface area contributed by atoms with Crippen molar-refractivity contribution >= 4 is 22.2 Å². The molecule has 0 spiro atoms. The third kappa shape index (κ3) is 0.996. The zero-order valence-corrected chi connectivity index (χ0v) is 6.02. The third-order valence-electron chi connectivity index (χ3n) is 1.34. The number of aldehydes is 1. The van der Waals surface area contributed by atoms with E-state index in [2.05, 4.69) is 22.0 Å². The first-order valence-corrected chi connectivity index (χ1v) is 3.44. The molecule has 0 aromatic carbocycles. The minimum atomic E-state index is 0.162. The van der Waals surface area contributed by atoms with Crippen LogP contribution in [-0.4, -0.2) is 6.29 Å². The molecule has 1 unspecified atom stereocenters. The number of hydrogen-bond donors (Lipinski definition) is 0. The lowest BCUT2D eigenvalue weighted by atomic mass is 10.2. The van der Waals surface area contributed by atoms with Gasteiger partial charge in [-0.15, -0.1) is 0 Å². The van der Waals surface area contributed by atoms with Crippen LogP contribution in [0.25, 0.3) is 0 Å². The zero-order chi connectivity index (χ0) is 5.98. The van der Waals surface area contributed by atoms with Gasteiger partial charge in [-0.25, -0.2) is 0 Å². The molecule has 0 aromatic heterocycles. The van der Waals surface area contributed by atoms with Crippen LogP contribution < -0.4 is 0 Å². The second-order valence-electron chi connectivity index (χ2n) is 1.91. The van der Waals surface area contributed by atoms with Crippen molar-refractivity contribution in [2.45, 2.75) is 12.8 Å². The highest BCUT2D eigenvalue weighted by Crippen LogP contribution is 2.27. The molecule has 0 aromatic rings. The number of carbonyl (C=O) groups excluding carboxylic acids is 1. The molecule has 0 amide bonds. The van der Waals surface area contributed by atoms with Crippen molar-refractivity contribution < 1.29 is 4.79 Å². The van der Waals surface area contributed by atoms with Crippen molar-refractivity contribution in [3.05, 3.63) is 10.6 Å². The summed E-state index contributed by atoms with van der Waals surface area (Å²) in [7, 11) is 0. The summed E-state index contributed by atoms with van der Waals surface area (Å²) in [6, 6.07) is 0. The van der Waals surface area contributed by atoms with E-state index < -0.39 is 0 Å². The van der Waals surface area contributed by atoms with Crippen LogP contribution >= 0.6 is 15.9 Å². The highest BCUT2D eigenvalue weighted by atomic mass is 79.9. The first kappa shape index (κ1) is 6.02. The van der Waals surface area contributed by atoms with Crippen LogP contribution in [0.2, 0.25) is 0 Å². The Balaban J connectivity index is 2.58. The van der Waals surface area contributed by atoms with Crippen molar-refractivity contribution in [2.24, 2.45) is 5.92 Å². The van der Waals surface area contributed by atoms with E-state index in [4.69, 9.17) is 0 Å². The van der Waals surface area contributed by atoms with Crippen LogP contribution in [0, 0.1) is 5.92 Å². The fourth-order valence-electron chi connectivity index (χ4n) is 0.823. The summed E-state index contributed by atoms with van der Waals surface area (Å²) in [6.45, 7) is 0. The molecule has 0 radical (unpaired) electrons. The third-order valence-corrected chi connectivity index (χ3v) is 2.25. The fourth-order valence-corrected chi connectivity index (χ4v) is 1.39. The molecule has 44 valence electrons. The predicted molar refractivity (Wildman–Crippen MR) is 35.8 cm³/mol. The van der Waals surface area contributed by atoms with Gasteiger partial charge in [-0.1, -0.05) is 22.0 Å². The first-order chi connectivity index (χ1) is 3.84. The summed E-state index contributed by atoms with van der Waals surface area (Å²) >= 11 is 3.29. The Morgan fingerprint density at radius 1 is 1.88 bits per heavy atom. The van der Waals surface area contributed by atoms with Crippen molar-refractivity contribution in [1.29, 1.82) is 0 Å². The minimum Gasteiger partial charge on any atom is -0.303 e. The molecule has 0 N–H and O–H groups in total. The van der Waals surface area contributed by atoms with Gasteiger partial charge in [0.05, 0.1) is 0 Å². The highest BCUT2D eigenvalue weighted by molar-refractivity contribution is 9.11. The molecule has 0 bridgehead atoms. The molecule has 1 rings (SSSR count). The van der Waals surface area contributed by atoms with E-state index in [0.29, 0.717) is 0 Å². The van der Waals surface area contributed by atoms with E-state index in [1.54, 1.807) is 0 Å². The van der Waals surface area contributed by atoms with Crippen LogP contribution in [0.4, 0.5) is 0 Å². The van der Waals surface area contributed by atoms with Gasteiger partial charge < -0.3 is 4.79 Å². The quantitative estimate of drug-likeness (QED) is 0.556. The van der Waals surface area contributed by atoms with Crippen molar-refractivity contribution in [2.75, 3.05) is 0 Å². The number of halogens is 1. The smallest absolute Gasteiger partial charge is 0.127 e. The van der Waals surface area contributed by atoms with Crippen LogP contribution in [0.3, 0.4) is 0 Å². The lowest BCUT2D eigenvalue weighted by Gasteiger charge is -1.95. The second-order valence-corrected chi connectivity index (χ2v) is 2.82. The fraction of sp³-hybridized carbons (Fsp3) is 0.500. The first-order valence-electron chi connectivity index (χ1n) is 2.65. The molecule has 8 heavy (non-hydrogen) atoms. The van der Waals surface area contributed by atoms with Gasteiger partial charge in [-0.05, 0) is 12.8 Å². The molecular weight excluding hydrogens is 168 g/mol. The van der Waals surface area contributed by atoms with E-state index in [1.165, 1.54) is 0 Å². The molecule has 1 atom stereocenters. The monoisotopic (exact) mass is 174 g/mol. The van der Waals surface area contributed by atoms with Crippen LogP contribution in [0.5, 0.6) is 0 Å². The summed E-state index contributed by atoms with van der Waals surface area (Å²) in [5, 5.41) is 0. The number of hydrogen-bond acceptors (Lipinski definition) is 1. The Bertz CT molecular complexity index is 128. The van der Waals surface area contributed by atoms with Gasteiger partial charge in [0.15, 0.2) is 0 Å². The van der Waals surface area contributed by atoms with Gasteiger partial charge in [0, 0.05) is 10.4 Å². The molecule has 0 saturated heterocycles. The predicted octanol–water partition coefficient (Wildman–Crippen LogP) is 1.87. The Labute approximate surface area is 56.9 Å². The average molecular weight is 175 g/mol. The molecular formula is C6H7BrO. The molecule has 2 heteroatoms. The normalized spacial score (nSPS) is 27.6. The molecule has 0 heterocycles. The lowest BCUT2D eigenvalue weighted by Crippen LogP contribution is -1.94. The highest BCUT2D eigenvalue weighted by Gasteiger charge is 2.14. The summed E-state index contributed by atoms with van der Waals surface area (Å²) in [6.07, 6.45) is 5.08. The van der Waals surface area contributed by atoms with E-state index in [0.717, 1.165) is 23.6 Å². The maximum atomic E-state index is 10.1.